The summed E-state index contributed by atoms with van der Waals surface area (Å²) in [4.78, 5) is 16.6. The molecule has 0 radical (unpaired) electrons. The van der Waals surface area contributed by atoms with Gasteiger partial charge < -0.3 is 14.8 Å². The van der Waals surface area contributed by atoms with Crippen LogP contribution < -0.4 is 14.8 Å². The quantitative estimate of drug-likeness (QED) is 0.925. The van der Waals surface area contributed by atoms with Crippen molar-refractivity contribution in [1.29, 1.82) is 0 Å². The summed E-state index contributed by atoms with van der Waals surface area (Å²) in [5.41, 5.74) is 0.839. The minimum atomic E-state index is 0.101. The number of amides is 1. The first kappa shape index (κ1) is 12.9. The summed E-state index contributed by atoms with van der Waals surface area (Å²) in [5.74, 6) is 1.74. The van der Waals surface area contributed by atoms with E-state index in [0.29, 0.717) is 18.3 Å². The number of hydrogen-bond donors (Lipinski definition) is 1. The fraction of sp³-hybridized carbons (Fsp3) is 0.467. The number of thiazole rings is 1. The molecule has 1 aliphatic carbocycles. The Hall–Kier alpha value is -1.82. The van der Waals surface area contributed by atoms with Gasteiger partial charge in [-0.05, 0) is 12.8 Å². The molecule has 5 nitrogen and oxygen atoms in total. The molecule has 1 amide bonds. The van der Waals surface area contributed by atoms with Crippen molar-refractivity contribution < 1.29 is 14.3 Å². The van der Waals surface area contributed by atoms with Crippen molar-refractivity contribution in [3.8, 4) is 11.5 Å². The maximum atomic E-state index is 12.2. The molecule has 110 valence electrons. The van der Waals surface area contributed by atoms with Crippen LogP contribution in [0.5, 0.6) is 11.5 Å². The number of benzene rings is 1. The number of aromatic nitrogens is 1. The predicted molar refractivity (Wildman–Crippen MR) is 81.2 cm³/mol. The molecule has 2 aromatic rings. The van der Waals surface area contributed by atoms with Crippen LogP contribution in [0.15, 0.2) is 12.1 Å². The molecule has 2 aliphatic rings. The molecule has 1 fully saturated rings. The number of nitrogens with zero attached hydrogens (tertiary/aromatic N) is 1. The molecule has 1 N–H and O–H groups in total. The zero-order valence-electron chi connectivity index (χ0n) is 11.6. The van der Waals surface area contributed by atoms with E-state index in [1.54, 1.807) is 0 Å². The van der Waals surface area contributed by atoms with Crippen LogP contribution in [0.25, 0.3) is 10.2 Å². The van der Waals surface area contributed by atoms with Crippen molar-refractivity contribution in [1.82, 2.24) is 4.98 Å². The smallest absolute Gasteiger partial charge is 0.229 e. The number of rotatable bonds is 2. The van der Waals surface area contributed by atoms with Gasteiger partial charge in [-0.3, -0.25) is 4.79 Å². The van der Waals surface area contributed by atoms with Crippen molar-refractivity contribution in [3.63, 3.8) is 0 Å². The highest BCUT2D eigenvalue weighted by atomic mass is 32.1. The maximum absolute atomic E-state index is 12.2. The normalized spacial score (nSPS) is 18.1. The van der Waals surface area contributed by atoms with Crippen LogP contribution in [0.4, 0.5) is 5.13 Å². The molecule has 1 aliphatic heterocycles. The third kappa shape index (κ3) is 2.44. The third-order valence-corrected chi connectivity index (χ3v) is 4.94. The molecule has 21 heavy (non-hydrogen) atoms. The summed E-state index contributed by atoms with van der Waals surface area (Å²) < 4.78 is 12.1. The van der Waals surface area contributed by atoms with E-state index >= 15 is 0 Å². The van der Waals surface area contributed by atoms with E-state index in [-0.39, 0.29) is 11.8 Å². The number of ether oxygens (including phenoxy) is 2. The highest BCUT2D eigenvalue weighted by Crippen LogP contribution is 2.38. The lowest BCUT2D eigenvalue weighted by molar-refractivity contribution is -0.119. The minimum absolute atomic E-state index is 0.101. The molecule has 0 saturated heterocycles. The van der Waals surface area contributed by atoms with E-state index < -0.39 is 0 Å². The topological polar surface area (TPSA) is 60.5 Å². The number of fused-ring (bicyclic) bond motifs is 2. The summed E-state index contributed by atoms with van der Waals surface area (Å²) >= 11 is 1.48. The van der Waals surface area contributed by atoms with Crippen LogP contribution >= 0.6 is 11.3 Å². The summed E-state index contributed by atoms with van der Waals surface area (Å²) in [7, 11) is 0. The Morgan fingerprint density at radius 2 is 1.90 bits per heavy atom. The van der Waals surface area contributed by atoms with Gasteiger partial charge in [0.15, 0.2) is 16.6 Å². The van der Waals surface area contributed by atoms with Crippen molar-refractivity contribution >= 4 is 32.6 Å². The van der Waals surface area contributed by atoms with Gasteiger partial charge in [0.05, 0.1) is 10.2 Å². The Morgan fingerprint density at radius 1 is 1.19 bits per heavy atom. The van der Waals surface area contributed by atoms with Crippen molar-refractivity contribution in [2.45, 2.75) is 25.7 Å². The highest BCUT2D eigenvalue weighted by Gasteiger charge is 2.23. The highest BCUT2D eigenvalue weighted by molar-refractivity contribution is 7.22. The second-order valence-electron chi connectivity index (χ2n) is 5.45. The van der Waals surface area contributed by atoms with Crippen LogP contribution in [0.3, 0.4) is 0 Å². The lowest BCUT2D eigenvalue weighted by atomic mass is 10.1. The van der Waals surface area contributed by atoms with Crippen molar-refractivity contribution in [2.75, 3.05) is 18.5 Å². The van der Waals surface area contributed by atoms with Crippen LogP contribution in [0, 0.1) is 5.92 Å². The standard InChI is InChI=1S/C15H16N2O3S/c18-14(9-3-1-2-4-9)17-15-16-10-7-11-12(8-13(10)21-15)20-6-5-19-11/h7-9H,1-6H2,(H,16,17,18). The van der Waals surface area contributed by atoms with Gasteiger partial charge in [-0.2, -0.15) is 0 Å². The fourth-order valence-corrected chi connectivity index (χ4v) is 3.79. The number of carbonyl (C=O) groups is 1. The summed E-state index contributed by atoms with van der Waals surface area (Å²) in [6.45, 7) is 1.14. The van der Waals surface area contributed by atoms with Crippen LogP contribution in [-0.2, 0) is 4.79 Å². The molecule has 0 bridgehead atoms. The number of carbonyl (C=O) groups excluding carboxylic acids is 1. The average Bonchev–Trinajstić information content (AvgIpc) is 3.13. The lowest BCUT2D eigenvalue weighted by Gasteiger charge is -2.17. The van der Waals surface area contributed by atoms with Gasteiger partial charge >= 0.3 is 0 Å². The Morgan fingerprint density at radius 3 is 2.67 bits per heavy atom. The molecule has 4 rings (SSSR count). The molecule has 1 aromatic heterocycles. The fourth-order valence-electron chi connectivity index (χ4n) is 2.91. The Balaban J connectivity index is 1.59. The van der Waals surface area contributed by atoms with Gasteiger partial charge in [-0.1, -0.05) is 24.2 Å². The van der Waals surface area contributed by atoms with E-state index in [4.69, 9.17) is 9.47 Å². The first-order chi connectivity index (χ1) is 10.3. The minimum Gasteiger partial charge on any atom is -0.486 e. The molecule has 0 spiro atoms. The zero-order chi connectivity index (χ0) is 14.2. The SMILES string of the molecule is O=C(Nc1nc2cc3c(cc2s1)OCCO3)C1CCCC1. The molecular formula is C15H16N2O3S. The van der Waals surface area contributed by atoms with Gasteiger partial charge in [0, 0.05) is 18.1 Å². The second-order valence-corrected chi connectivity index (χ2v) is 6.48. The number of nitrogens with one attached hydrogen (secondary N) is 1. The Labute approximate surface area is 126 Å². The van der Waals surface area contributed by atoms with Gasteiger partial charge in [-0.25, -0.2) is 4.98 Å². The van der Waals surface area contributed by atoms with Gasteiger partial charge in [0.2, 0.25) is 5.91 Å². The first-order valence-electron chi connectivity index (χ1n) is 7.31. The van der Waals surface area contributed by atoms with E-state index in [1.165, 1.54) is 11.3 Å². The van der Waals surface area contributed by atoms with E-state index in [1.807, 2.05) is 12.1 Å². The summed E-state index contributed by atoms with van der Waals surface area (Å²) in [6, 6.07) is 3.82. The summed E-state index contributed by atoms with van der Waals surface area (Å²) in [6.07, 6.45) is 4.29. The van der Waals surface area contributed by atoms with E-state index in [9.17, 15) is 4.79 Å². The Bertz CT molecular complexity index is 649. The van der Waals surface area contributed by atoms with Gasteiger partial charge in [0.25, 0.3) is 0 Å². The largest absolute Gasteiger partial charge is 0.486 e. The van der Waals surface area contributed by atoms with Gasteiger partial charge in [-0.15, -0.1) is 0 Å². The van der Waals surface area contributed by atoms with Crippen LogP contribution in [-0.4, -0.2) is 24.1 Å². The average molecular weight is 304 g/mol. The molecule has 0 unspecified atom stereocenters. The predicted octanol–water partition coefficient (Wildman–Crippen LogP) is 3.20. The van der Waals surface area contributed by atoms with Crippen molar-refractivity contribution in [3.05, 3.63) is 12.1 Å². The molecule has 6 heteroatoms. The lowest BCUT2D eigenvalue weighted by Crippen LogP contribution is -2.20. The van der Waals surface area contributed by atoms with E-state index in [2.05, 4.69) is 10.3 Å². The third-order valence-electron chi connectivity index (χ3n) is 4.01. The molecule has 0 atom stereocenters. The monoisotopic (exact) mass is 304 g/mol. The molecule has 2 heterocycles. The number of anilines is 1. The van der Waals surface area contributed by atoms with Crippen LogP contribution in [0.1, 0.15) is 25.7 Å². The van der Waals surface area contributed by atoms with E-state index in [0.717, 1.165) is 47.4 Å². The molecule has 1 aromatic carbocycles. The first-order valence-corrected chi connectivity index (χ1v) is 8.12. The zero-order valence-corrected chi connectivity index (χ0v) is 12.4. The van der Waals surface area contributed by atoms with Crippen molar-refractivity contribution in [2.24, 2.45) is 5.92 Å². The molecule has 1 saturated carbocycles. The van der Waals surface area contributed by atoms with Crippen LogP contribution in [0.2, 0.25) is 0 Å². The maximum Gasteiger partial charge on any atom is 0.229 e. The number of hydrogen-bond acceptors (Lipinski definition) is 5. The molecular weight excluding hydrogens is 288 g/mol. The van der Waals surface area contributed by atoms with Gasteiger partial charge in [0.1, 0.15) is 13.2 Å². The Kier molecular flexibility index (Phi) is 3.18. The summed E-state index contributed by atoms with van der Waals surface area (Å²) in [5, 5.41) is 3.61. The second kappa shape index (κ2) is 5.18.